The van der Waals surface area contributed by atoms with E-state index in [1.54, 1.807) is 23.1 Å². The van der Waals surface area contributed by atoms with Crippen LogP contribution >= 0.6 is 11.8 Å². The monoisotopic (exact) mass is 509 g/mol. The highest BCUT2D eigenvalue weighted by Gasteiger charge is 2.37. The lowest BCUT2D eigenvalue weighted by Crippen LogP contribution is -2.42. The first-order valence-electron chi connectivity index (χ1n) is 12.1. The van der Waals surface area contributed by atoms with Crippen LogP contribution in [0, 0.1) is 20.8 Å². The van der Waals surface area contributed by atoms with Gasteiger partial charge in [-0.3, -0.25) is 19.3 Å². The van der Waals surface area contributed by atoms with Crippen LogP contribution in [0.1, 0.15) is 58.6 Å². The molecule has 0 spiro atoms. The number of nitrogens with zero attached hydrogens (tertiary/aromatic N) is 3. The second-order valence-corrected chi connectivity index (χ2v) is 10.2. The number of thioether (sulfide) groups is 1. The molecule has 4 rings (SSSR count). The molecule has 8 nitrogen and oxygen atoms in total. The quantitative estimate of drug-likeness (QED) is 0.431. The number of imide groups is 1. The molecule has 2 saturated heterocycles. The van der Waals surface area contributed by atoms with Crippen molar-refractivity contribution in [2.75, 3.05) is 26.7 Å². The number of aromatic nitrogens is 1. The molecule has 3 amide bonds. The molecule has 2 aliphatic heterocycles. The number of rotatable bonds is 5. The van der Waals surface area contributed by atoms with Crippen molar-refractivity contribution in [3.63, 3.8) is 0 Å². The third-order valence-corrected chi connectivity index (χ3v) is 7.66. The van der Waals surface area contributed by atoms with Gasteiger partial charge in [-0.05, 0) is 80.8 Å². The number of methoxy groups -OCH3 is 1. The summed E-state index contributed by atoms with van der Waals surface area (Å²) in [6.07, 6.45) is 5.80. The standard InChI is InChI=1S/C27H31N3O5S/c1-17-9-10-20(26(33)35-4)14-22(17)30-18(2)13-21(19(30)3)15-23-25(32)29(27(34)36-23)16-24(31)28-11-7-5-6-8-12-28/h9-10,13-15H,5-8,11-12,16H2,1-4H3. The van der Waals surface area contributed by atoms with E-state index in [4.69, 9.17) is 4.74 Å². The second kappa shape index (κ2) is 10.7. The van der Waals surface area contributed by atoms with Crippen LogP contribution in [0.25, 0.3) is 11.8 Å². The van der Waals surface area contributed by atoms with Crippen molar-refractivity contribution in [2.24, 2.45) is 0 Å². The fourth-order valence-corrected chi connectivity index (χ4v) is 5.56. The number of ether oxygens (including phenoxy) is 1. The summed E-state index contributed by atoms with van der Waals surface area (Å²) in [6.45, 7) is 6.96. The number of esters is 1. The van der Waals surface area contributed by atoms with Crippen molar-refractivity contribution in [3.05, 3.63) is 57.2 Å². The van der Waals surface area contributed by atoms with Crippen LogP contribution < -0.4 is 0 Å². The topological polar surface area (TPSA) is 88.9 Å². The van der Waals surface area contributed by atoms with Crippen molar-refractivity contribution in [2.45, 2.75) is 46.5 Å². The molecule has 2 aliphatic rings. The predicted octanol–water partition coefficient (Wildman–Crippen LogP) is 4.63. The molecule has 36 heavy (non-hydrogen) atoms. The molecule has 0 unspecified atom stereocenters. The zero-order valence-corrected chi connectivity index (χ0v) is 21.9. The Morgan fingerprint density at radius 2 is 1.72 bits per heavy atom. The number of hydrogen-bond donors (Lipinski definition) is 0. The van der Waals surface area contributed by atoms with Crippen LogP contribution in [0.5, 0.6) is 0 Å². The van der Waals surface area contributed by atoms with Gasteiger partial charge in [-0.15, -0.1) is 0 Å². The molecular formula is C27H31N3O5S. The van der Waals surface area contributed by atoms with E-state index in [9.17, 15) is 19.2 Å². The Hall–Kier alpha value is -3.33. The van der Waals surface area contributed by atoms with Gasteiger partial charge in [-0.2, -0.15) is 0 Å². The molecule has 1 aromatic carbocycles. The first kappa shape index (κ1) is 25.8. The van der Waals surface area contributed by atoms with Crippen molar-refractivity contribution in [1.29, 1.82) is 0 Å². The number of benzene rings is 1. The van der Waals surface area contributed by atoms with Crippen LogP contribution in [0.4, 0.5) is 4.79 Å². The maximum absolute atomic E-state index is 13.1. The lowest BCUT2D eigenvalue weighted by Gasteiger charge is -2.22. The van der Waals surface area contributed by atoms with Crippen LogP contribution in [-0.4, -0.2) is 64.1 Å². The number of carbonyl (C=O) groups is 4. The van der Waals surface area contributed by atoms with E-state index in [0.29, 0.717) is 23.6 Å². The molecule has 0 N–H and O–H groups in total. The van der Waals surface area contributed by atoms with E-state index in [1.807, 2.05) is 37.5 Å². The largest absolute Gasteiger partial charge is 0.465 e. The highest BCUT2D eigenvalue weighted by atomic mass is 32.2. The zero-order chi connectivity index (χ0) is 26.0. The fraction of sp³-hybridized carbons (Fsp3) is 0.407. The Labute approximate surface area is 215 Å². The molecular weight excluding hydrogens is 478 g/mol. The first-order valence-corrected chi connectivity index (χ1v) is 12.9. The third kappa shape index (κ3) is 5.11. The summed E-state index contributed by atoms with van der Waals surface area (Å²) in [5, 5.41) is -0.426. The molecule has 3 heterocycles. The second-order valence-electron chi connectivity index (χ2n) is 9.22. The molecule has 0 bridgehead atoms. The van der Waals surface area contributed by atoms with Gasteiger partial charge in [0.1, 0.15) is 6.54 Å². The van der Waals surface area contributed by atoms with E-state index >= 15 is 0 Å². The maximum Gasteiger partial charge on any atom is 0.337 e. The van der Waals surface area contributed by atoms with Gasteiger partial charge in [0, 0.05) is 30.2 Å². The minimum absolute atomic E-state index is 0.181. The molecule has 2 aromatic rings. The molecule has 0 saturated carbocycles. The number of hydrogen-bond acceptors (Lipinski definition) is 6. The zero-order valence-electron chi connectivity index (χ0n) is 21.1. The Morgan fingerprint density at radius 3 is 2.39 bits per heavy atom. The summed E-state index contributed by atoms with van der Waals surface area (Å²) >= 11 is 0.859. The highest BCUT2D eigenvalue weighted by Crippen LogP contribution is 2.34. The van der Waals surface area contributed by atoms with Gasteiger partial charge < -0.3 is 14.2 Å². The minimum Gasteiger partial charge on any atom is -0.465 e. The summed E-state index contributed by atoms with van der Waals surface area (Å²) in [4.78, 5) is 53.6. The van der Waals surface area contributed by atoms with Crippen molar-refractivity contribution in [3.8, 4) is 5.69 Å². The van der Waals surface area contributed by atoms with E-state index in [2.05, 4.69) is 0 Å². The van der Waals surface area contributed by atoms with Gasteiger partial charge in [0.25, 0.3) is 11.1 Å². The van der Waals surface area contributed by atoms with Gasteiger partial charge in [-0.25, -0.2) is 4.79 Å². The van der Waals surface area contributed by atoms with Crippen LogP contribution in [0.15, 0.2) is 29.2 Å². The Bertz CT molecular complexity index is 1250. The number of aryl methyl sites for hydroxylation is 2. The summed E-state index contributed by atoms with van der Waals surface area (Å²) < 4.78 is 6.88. The molecule has 0 radical (unpaired) electrons. The van der Waals surface area contributed by atoms with E-state index < -0.39 is 17.1 Å². The average molecular weight is 510 g/mol. The van der Waals surface area contributed by atoms with E-state index in [1.165, 1.54) is 7.11 Å². The third-order valence-electron chi connectivity index (χ3n) is 6.75. The SMILES string of the molecule is COC(=O)c1ccc(C)c(-n2c(C)cc(C=C3SC(=O)N(CC(=O)N4CCCCCC4)C3=O)c2C)c1. The van der Waals surface area contributed by atoms with Gasteiger partial charge >= 0.3 is 5.97 Å². The number of carbonyl (C=O) groups excluding carboxylic acids is 4. The van der Waals surface area contributed by atoms with E-state index in [0.717, 1.165) is 70.5 Å². The van der Waals surface area contributed by atoms with E-state index in [-0.39, 0.29) is 12.5 Å². The predicted molar refractivity (Wildman–Crippen MR) is 139 cm³/mol. The Morgan fingerprint density at radius 1 is 1.03 bits per heavy atom. The molecule has 0 aliphatic carbocycles. The number of likely N-dealkylation sites (tertiary alicyclic amines) is 1. The molecule has 190 valence electrons. The van der Waals surface area contributed by atoms with Crippen molar-refractivity contribution < 1.29 is 23.9 Å². The highest BCUT2D eigenvalue weighted by molar-refractivity contribution is 8.18. The lowest BCUT2D eigenvalue weighted by molar-refractivity contribution is -0.135. The lowest BCUT2D eigenvalue weighted by atomic mass is 10.1. The van der Waals surface area contributed by atoms with Gasteiger partial charge in [0.05, 0.1) is 17.6 Å². The van der Waals surface area contributed by atoms with Gasteiger partial charge in [-0.1, -0.05) is 18.9 Å². The van der Waals surface area contributed by atoms with Crippen molar-refractivity contribution >= 4 is 40.9 Å². The maximum atomic E-state index is 13.1. The normalized spacial score (nSPS) is 17.6. The first-order chi connectivity index (χ1) is 17.2. The summed E-state index contributed by atoms with van der Waals surface area (Å²) in [5.74, 6) is -1.04. The van der Waals surface area contributed by atoms with Crippen LogP contribution in [0.2, 0.25) is 0 Å². The Kier molecular flexibility index (Phi) is 7.68. The van der Waals surface area contributed by atoms with Crippen molar-refractivity contribution in [1.82, 2.24) is 14.4 Å². The van der Waals surface area contributed by atoms with Crippen LogP contribution in [0.3, 0.4) is 0 Å². The molecule has 9 heteroatoms. The number of amides is 3. The Balaban J connectivity index is 1.58. The van der Waals surface area contributed by atoms with Crippen LogP contribution in [-0.2, 0) is 14.3 Å². The molecule has 1 aromatic heterocycles. The molecule has 0 atom stereocenters. The smallest absolute Gasteiger partial charge is 0.337 e. The molecule has 2 fully saturated rings. The van der Waals surface area contributed by atoms with Gasteiger partial charge in [0.2, 0.25) is 5.91 Å². The average Bonchev–Trinajstić information content (AvgIpc) is 3.14. The summed E-state index contributed by atoms with van der Waals surface area (Å²) in [5.41, 5.74) is 4.83. The minimum atomic E-state index is -0.443. The van der Waals surface area contributed by atoms with Gasteiger partial charge in [0.15, 0.2) is 0 Å². The summed E-state index contributed by atoms with van der Waals surface area (Å²) in [6, 6.07) is 7.32. The summed E-state index contributed by atoms with van der Waals surface area (Å²) in [7, 11) is 1.35. The fourth-order valence-electron chi connectivity index (χ4n) is 4.73.